The van der Waals surface area contributed by atoms with Crippen LogP contribution >= 0.6 is 0 Å². The third-order valence-electron chi connectivity index (χ3n) is 6.36. The van der Waals surface area contributed by atoms with Crippen LogP contribution < -0.4 is 5.32 Å². The molecule has 2 saturated heterocycles. The molecule has 2 amide bonds. The fourth-order valence-electron chi connectivity index (χ4n) is 4.71. The fourth-order valence-corrected chi connectivity index (χ4v) is 4.71. The summed E-state index contributed by atoms with van der Waals surface area (Å²) in [6.45, 7) is 2.18. The van der Waals surface area contributed by atoms with E-state index in [-0.39, 0.29) is 23.5 Å². The number of halogens is 1. The van der Waals surface area contributed by atoms with Crippen molar-refractivity contribution in [1.82, 2.24) is 14.8 Å². The van der Waals surface area contributed by atoms with Crippen molar-refractivity contribution in [2.45, 2.75) is 25.3 Å². The van der Waals surface area contributed by atoms with Crippen molar-refractivity contribution in [2.24, 2.45) is 11.8 Å². The molecule has 2 aliphatic rings. The SMILES string of the molecule is CN1C[C@@H](C(=O)Nc2ccc(F)cc2)C[C@H]1C1CCN(C(=O)c2cccnc2)CC1. The van der Waals surface area contributed by atoms with Crippen molar-refractivity contribution >= 4 is 17.5 Å². The van der Waals surface area contributed by atoms with Gasteiger partial charge >= 0.3 is 0 Å². The third-order valence-corrected chi connectivity index (χ3v) is 6.36. The molecule has 0 unspecified atom stereocenters. The van der Waals surface area contributed by atoms with Crippen LogP contribution in [0.25, 0.3) is 0 Å². The van der Waals surface area contributed by atoms with Crippen LogP contribution in [0.15, 0.2) is 48.8 Å². The smallest absolute Gasteiger partial charge is 0.255 e. The number of anilines is 1. The van der Waals surface area contributed by atoms with Crippen LogP contribution in [0.4, 0.5) is 10.1 Å². The maximum absolute atomic E-state index is 13.1. The molecule has 3 heterocycles. The number of hydrogen-bond acceptors (Lipinski definition) is 4. The van der Waals surface area contributed by atoms with Crippen LogP contribution in [0.3, 0.4) is 0 Å². The number of likely N-dealkylation sites (tertiary alicyclic amines) is 2. The number of nitrogens with zero attached hydrogens (tertiary/aromatic N) is 3. The average molecular weight is 410 g/mol. The summed E-state index contributed by atoms with van der Waals surface area (Å²) in [7, 11) is 2.07. The van der Waals surface area contributed by atoms with Crippen molar-refractivity contribution in [3.63, 3.8) is 0 Å². The highest BCUT2D eigenvalue weighted by molar-refractivity contribution is 5.94. The second-order valence-corrected chi connectivity index (χ2v) is 8.31. The predicted molar refractivity (Wildman–Crippen MR) is 112 cm³/mol. The van der Waals surface area contributed by atoms with Gasteiger partial charge in [0.15, 0.2) is 0 Å². The Labute approximate surface area is 176 Å². The van der Waals surface area contributed by atoms with Crippen LogP contribution in [-0.4, -0.2) is 59.3 Å². The van der Waals surface area contributed by atoms with Gasteiger partial charge in [0.05, 0.1) is 11.5 Å². The lowest BCUT2D eigenvalue weighted by Gasteiger charge is -2.37. The maximum atomic E-state index is 13.1. The summed E-state index contributed by atoms with van der Waals surface area (Å²) in [5, 5.41) is 2.90. The first-order chi connectivity index (χ1) is 14.5. The minimum atomic E-state index is -0.318. The Morgan fingerprint density at radius 2 is 1.87 bits per heavy atom. The number of carbonyl (C=O) groups excluding carboxylic acids is 2. The molecule has 158 valence electrons. The largest absolute Gasteiger partial charge is 0.339 e. The van der Waals surface area contributed by atoms with Crippen molar-refractivity contribution < 1.29 is 14.0 Å². The van der Waals surface area contributed by atoms with Crippen molar-refractivity contribution in [3.8, 4) is 0 Å². The molecule has 2 aliphatic heterocycles. The Kier molecular flexibility index (Phi) is 6.08. The van der Waals surface area contributed by atoms with Crippen LogP contribution in [0.2, 0.25) is 0 Å². The molecule has 0 saturated carbocycles. The van der Waals surface area contributed by atoms with Gasteiger partial charge in [-0.2, -0.15) is 0 Å². The molecule has 1 aromatic carbocycles. The normalized spacial score (nSPS) is 22.8. The van der Waals surface area contributed by atoms with E-state index in [2.05, 4.69) is 22.2 Å². The molecule has 0 radical (unpaired) electrons. The summed E-state index contributed by atoms with van der Waals surface area (Å²) < 4.78 is 13.1. The van der Waals surface area contributed by atoms with E-state index in [1.54, 1.807) is 36.7 Å². The zero-order chi connectivity index (χ0) is 21.1. The van der Waals surface area contributed by atoms with Gasteiger partial charge in [-0.3, -0.25) is 14.6 Å². The van der Waals surface area contributed by atoms with Gasteiger partial charge in [-0.1, -0.05) is 0 Å². The topological polar surface area (TPSA) is 65.5 Å². The summed E-state index contributed by atoms with van der Waals surface area (Å²) in [6, 6.07) is 9.78. The monoisotopic (exact) mass is 410 g/mol. The van der Waals surface area contributed by atoms with Crippen LogP contribution in [0, 0.1) is 17.7 Å². The molecule has 2 fully saturated rings. The Morgan fingerprint density at radius 1 is 1.13 bits per heavy atom. The van der Waals surface area contributed by atoms with E-state index in [1.165, 1.54) is 12.1 Å². The number of aromatic nitrogens is 1. The molecule has 1 aromatic heterocycles. The summed E-state index contributed by atoms with van der Waals surface area (Å²) in [6.07, 6.45) is 5.97. The second-order valence-electron chi connectivity index (χ2n) is 8.31. The lowest BCUT2D eigenvalue weighted by atomic mass is 9.86. The zero-order valence-electron chi connectivity index (χ0n) is 17.1. The van der Waals surface area contributed by atoms with Crippen molar-refractivity contribution in [1.29, 1.82) is 0 Å². The highest BCUT2D eigenvalue weighted by atomic mass is 19.1. The highest BCUT2D eigenvalue weighted by Crippen LogP contribution is 2.33. The lowest BCUT2D eigenvalue weighted by molar-refractivity contribution is -0.119. The molecule has 2 atom stereocenters. The Balaban J connectivity index is 1.30. The van der Waals surface area contributed by atoms with E-state index in [9.17, 15) is 14.0 Å². The van der Waals surface area contributed by atoms with Crippen molar-refractivity contribution in [3.05, 3.63) is 60.2 Å². The number of carbonyl (C=O) groups is 2. The van der Waals surface area contributed by atoms with E-state index in [1.807, 2.05) is 4.90 Å². The Hall–Kier alpha value is -2.80. The molecule has 7 heteroatoms. The van der Waals surface area contributed by atoms with E-state index < -0.39 is 0 Å². The van der Waals surface area contributed by atoms with Gasteiger partial charge in [-0.15, -0.1) is 0 Å². The van der Waals surface area contributed by atoms with Gasteiger partial charge in [-0.25, -0.2) is 4.39 Å². The van der Waals surface area contributed by atoms with Crippen LogP contribution in [0.1, 0.15) is 29.6 Å². The van der Waals surface area contributed by atoms with Gasteiger partial charge in [-0.05, 0) is 68.6 Å². The molecule has 0 aliphatic carbocycles. The molecule has 6 nitrogen and oxygen atoms in total. The predicted octanol–water partition coefficient (Wildman–Crippen LogP) is 3.03. The van der Waals surface area contributed by atoms with Gasteiger partial charge in [0.25, 0.3) is 5.91 Å². The van der Waals surface area contributed by atoms with Gasteiger partial charge < -0.3 is 15.1 Å². The maximum Gasteiger partial charge on any atom is 0.255 e. The first-order valence-electron chi connectivity index (χ1n) is 10.5. The lowest BCUT2D eigenvalue weighted by Crippen LogP contribution is -2.43. The Bertz CT molecular complexity index is 882. The van der Waals surface area contributed by atoms with E-state index in [4.69, 9.17) is 0 Å². The molecule has 2 aromatic rings. The summed E-state index contributed by atoms with van der Waals surface area (Å²) in [5.74, 6) is 0.0942. The molecule has 30 heavy (non-hydrogen) atoms. The average Bonchev–Trinajstić information content (AvgIpc) is 3.17. The second kappa shape index (κ2) is 8.92. The standard InChI is InChI=1S/C23H27FN4O2/c1-27-15-18(22(29)26-20-6-4-19(24)5-7-20)13-21(27)16-8-11-28(12-9-16)23(30)17-3-2-10-25-14-17/h2-7,10,14,16,18,21H,8-9,11-13,15H2,1H3,(H,26,29)/t18-,21-/m0/s1. The van der Waals surface area contributed by atoms with E-state index >= 15 is 0 Å². The molecular formula is C23H27FN4O2. The quantitative estimate of drug-likeness (QED) is 0.842. The minimum absolute atomic E-state index is 0.0138. The van der Waals surface area contributed by atoms with Gasteiger partial charge in [0.1, 0.15) is 5.82 Å². The zero-order valence-corrected chi connectivity index (χ0v) is 17.1. The summed E-state index contributed by atoms with van der Waals surface area (Å²) in [4.78, 5) is 33.5. The Morgan fingerprint density at radius 3 is 2.53 bits per heavy atom. The molecule has 0 spiro atoms. The summed E-state index contributed by atoms with van der Waals surface area (Å²) in [5.41, 5.74) is 1.25. The van der Waals surface area contributed by atoms with Gasteiger partial charge in [0.2, 0.25) is 5.91 Å². The van der Waals surface area contributed by atoms with Crippen LogP contribution in [-0.2, 0) is 4.79 Å². The number of rotatable bonds is 4. The number of piperidine rings is 1. The third kappa shape index (κ3) is 4.51. The van der Waals surface area contributed by atoms with Gasteiger partial charge in [0, 0.05) is 43.8 Å². The van der Waals surface area contributed by atoms with Crippen LogP contribution in [0.5, 0.6) is 0 Å². The first-order valence-corrected chi connectivity index (χ1v) is 10.5. The molecule has 1 N–H and O–H groups in total. The number of hydrogen-bond donors (Lipinski definition) is 1. The van der Waals surface area contributed by atoms with Crippen molar-refractivity contribution in [2.75, 3.05) is 32.0 Å². The number of pyridine rings is 1. The fraction of sp³-hybridized carbons (Fsp3) is 0.435. The molecular weight excluding hydrogens is 383 g/mol. The number of benzene rings is 1. The molecule has 0 bridgehead atoms. The first kappa shape index (κ1) is 20.5. The van der Waals surface area contributed by atoms with E-state index in [0.29, 0.717) is 29.8 Å². The number of amides is 2. The van der Waals surface area contributed by atoms with E-state index in [0.717, 1.165) is 32.4 Å². The number of nitrogens with one attached hydrogen (secondary N) is 1. The summed E-state index contributed by atoms with van der Waals surface area (Å²) >= 11 is 0. The minimum Gasteiger partial charge on any atom is -0.339 e. The highest BCUT2D eigenvalue weighted by Gasteiger charge is 2.39. The molecule has 4 rings (SSSR count).